The molecule has 3 aromatic carbocycles. The number of nitrogens with one attached hydrogen (secondary N) is 1. The van der Waals surface area contributed by atoms with Gasteiger partial charge in [0.25, 0.3) is 11.6 Å². The molecule has 38 heavy (non-hydrogen) atoms. The number of benzene rings is 3. The Morgan fingerprint density at radius 3 is 2.50 bits per heavy atom. The summed E-state index contributed by atoms with van der Waals surface area (Å²) in [5.74, 6) is 0.212. The van der Waals surface area contributed by atoms with Crippen LogP contribution in [0.1, 0.15) is 21.8 Å². The maximum atomic E-state index is 12.6. The lowest BCUT2D eigenvalue weighted by Crippen LogP contribution is -2.17. The van der Waals surface area contributed by atoms with Crippen LogP contribution in [-0.2, 0) is 0 Å². The summed E-state index contributed by atoms with van der Waals surface area (Å²) >= 11 is 5.88. The van der Waals surface area contributed by atoms with Gasteiger partial charge in [-0.05, 0) is 73.2 Å². The van der Waals surface area contributed by atoms with Gasteiger partial charge in [0.1, 0.15) is 11.5 Å². The van der Waals surface area contributed by atoms with Crippen LogP contribution in [0.4, 0.5) is 5.69 Å². The van der Waals surface area contributed by atoms with Crippen molar-refractivity contribution in [3.05, 3.63) is 129 Å². The van der Waals surface area contributed by atoms with E-state index in [1.54, 1.807) is 30.3 Å². The molecule has 0 aliphatic rings. The second-order valence-corrected chi connectivity index (χ2v) is 8.86. The lowest BCUT2D eigenvalue weighted by molar-refractivity contribution is -0.384. The van der Waals surface area contributed by atoms with Gasteiger partial charge in [0, 0.05) is 28.0 Å². The second-order valence-electron chi connectivity index (χ2n) is 8.43. The van der Waals surface area contributed by atoms with Crippen molar-refractivity contribution in [2.75, 3.05) is 0 Å². The maximum absolute atomic E-state index is 12.6. The number of amides is 1. The highest BCUT2D eigenvalue weighted by molar-refractivity contribution is 6.30. The van der Waals surface area contributed by atoms with Crippen molar-refractivity contribution in [1.82, 2.24) is 9.99 Å². The fraction of sp³-hybridized carbons (Fsp3) is 0.0345. The molecule has 9 heteroatoms. The molecule has 2 aromatic heterocycles. The molecule has 0 aliphatic heterocycles. The van der Waals surface area contributed by atoms with Gasteiger partial charge in [-0.1, -0.05) is 41.9 Å². The number of nitrogens with zero attached hydrogens (tertiary/aromatic N) is 3. The average Bonchev–Trinajstić information content (AvgIpc) is 3.56. The third-order valence-electron chi connectivity index (χ3n) is 5.94. The molecule has 0 fully saturated rings. The zero-order valence-corrected chi connectivity index (χ0v) is 20.9. The Hall–Kier alpha value is -4.95. The van der Waals surface area contributed by atoms with Crippen LogP contribution < -0.4 is 5.43 Å². The smallest absolute Gasteiger partial charge is 0.281 e. The molecule has 0 saturated heterocycles. The minimum Gasteiger partial charge on any atom is -0.455 e. The van der Waals surface area contributed by atoms with Gasteiger partial charge in [-0.25, -0.2) is 5.43 Å². The predicted octanol–water partition coefficient (Wildman–Crippen LogP) is 7.04. The molecule has 8 nitrogen and oxygen atoms in total. The van der Waals surface area contributed by atoms with Gasteiger partial charge in [-0.2, -0.15) is 5.10 Å². The lowest BCUT2D eigenvalue weighted by Gasteiger charge is -2.12. The first kappa shape index (κ1) is 24.7. The van der Waals surface area contributed by atoms with Gasteiger partial charge in [-0.3, -0.25) is 14.9 Å². The number of furan rings is 1. The van der Waals surface area contributed by atoms with E-state index in [4.69, 9.17) is 16.0 Å². The summed E-state index contributed by atoms with van der Waals surface area (Å²) in [7, 11) is 0. The van der Waals surface area contributed by atoms with Crippen molar-refractivity contribution in [2.24, 2.45) is 5.10 Å². The van der Waals surface area contributed by atoms with Crippen molar-refractivity contribution < 1.29 is 14.1 Å². The van der Waals surface area contributed by atoms with Crippen molar-refractivity contribution in [2.45, 2.75) is 6.92 Å². The van der Waals surface area contributed by atoms with Crippen LogP contribution in [0.25, 0.3) is 28.3 Å². The summed E-state index contributed by atoms with van der Waals surface area (Å²) in [5.41, 5.74) is 7.21. The van der Waals surface area contributed by atoms with Crippen molar-refractivity contribution in [3.63, 3.8) is 0 Å². The monoisotopic (exact) mass is 524 g/mol. The number of hydrazone groups is 1. The molecule has 1 amide bonds. The van der Waals surface area contributed by atoms with E-state index in [0.717, 1.165) is 22.6 Å². The van der Waals surface area contributed by atoms with Gasteiger partial charge < -0.3 is 8.98 Å². The summed E-state index contributed by atoms with van der Waals surface area (Å²) in [6.45, 7) is 2.03. The fourth-order valence-corrected chi connectivity index (χ4v) is 4.29. The Morgan fingerprint density at radius 1 is 1.00 bits per heavy atom. The SMILES string of the molecule is Cc1ccc(-c2ccccc2)n1-c1ccc(C(=O)N/N=C/c2ccc(-c3ccc(Cl)cc3[N+](=O)[O-])o2)cc1. The third kappa shape index (κ3) is 5.11. The summed E-state index contributed by atoms with van der Waals surface area (Å²) < 4.78 is 7.79. The van der Waals surface area contributed by atoms with Gasteiger partial charge in [0.2, 0.25) is 0 Å². The highest BCUT2D eigenvalue weighted by atomic mass is 35.5. The molecule has 5 aromatic rings. The summed E-state index contributed by atoms with van der Waals surface area (Å²) in [6, 6.07) is 29.0. The van der Waals surface area contributed by atoms with Crippen molar-refractivity contribution in [3.8, 4) is 28.3 Å². The van der Waals surface area contributed by atoms with Crippen LogP contribution in [-0.4, -0.2) is 21.6 Å². The van der Waals surface area contributed by atoms with Crippen LogP contribution >= 0.6 is 11.6 Å². The highest BCUT2D eigenvalue weighted by Crippen LogP contribution is 2.33. The number of carbonyl (C=O) groups excluding carboxylic acids is 1. The minimum absolute atomic E-state index is 0.168. The number of rotatable bonds is 7. The number of aromatic nitrogens is 1. The molecule has 0 aliphatic carbocycles. The van der Waals surface area contributed by atoms with Gasteiger partial charge in [0.05, 0.1) is 22.4 Å². The Kier molecular flexibility index (Phi) is 6.88. The standard InChI is InChI=1S/C29H21ClN4O4/c1-19-7-15-26(20-5-3-2-4-6-20)33(19)23-11-8-21(9-12-23)29(35)32-31-18-24-13-16-28(38-24)25-14-10-22(30)17-27(25)34(36)37/h2-18H,1H3,(H,32,35)/b31-18+. The molecular weight excluding hydrogens is 504 g/mol. The molecule has 0 radical (unpaired) electrons. The number of nitro benzene ring substituents is 1. The van der Waals surface area contributed by atoms with Crippen molar-refractivity contribution >= 4 is 29.4 Å². The van der Waals surface area contributed by atoms with Crippen LogP contribution in [0.15, 0.2) is 107 Å². The largest absolute Gasteiger partial charge is 0.455 e. The van der Waals surface area contributed by atoms with Crippen LogP contribution in [0.3, 0.4) is 0 Å². The molecular formula is C29H21ClN4O4. The Labute approximate surface area is 223 Å². The van der Waals surface area contributed by atoms with E-state index in [1.165, 1.54) is 18.3 Å². The van der Waals surface area contributed by atoms with E-state index in [2.05, 4.69) is 39.4 Å². The van der Waals surface area contributed by atoms with Crippen molar-refractivity contribution in [1.29, 1.82) is 0 Å². The molecule has 0 unspecified atom stereocenters. The molecule has 1 N–H and O–H groups in total. The summed E-state index contributed by atoms with van der Waals surface area (Å²) in [5, 5.41) is 15.6. The Morgan fingerprint density at radius 2 is 1.76 bits per heavy atom. The molecule has 188 valence electrons. The number of carbonyl (C=O) groups is 1. The predicted molar refractivity (Wildman–Crippen MR) is 147 cm³/mol. The zero-order chi connectivity index (χ0) is 26.6. The van der Waals surface area contributed by atoms with Crippen LogP contribution in [0.2, 0.25) is 5.02 Å². The van der Waals surface area contributed by atoms with Crippen LogP contribution in [0.5, 0.6) is 0 Å². The Balaban J connectivity index is 1.28. The van der Waals surface area contributed by atoms with E-state index in [1.807, 2.05) is 37.3 Å². The van der Waals surface area contributed by atoms with E-state index in [9.17, 15) is 14.9 Å². The molecule has 0 spiro atoms. The number of nitro groups is 1. The first-order chi connectivity index (χ1) is 18.4. The molecule has 0 atom stereocenters. The van der Waals surface area contributed by atoms with Gasteiger partial charge >= 0.3 is 0 Å². The van der Waals surface area contributed by atoms with E-state index < -0.39 is 4.92 Å². The maximum Gasteiger partial charge on any atom is 0.281 e. The van der Waals surface area contributed by atoms with Gasteiger partial charge in [0.15, 0.2) is 0 Å². The first-order valence-electron chi connectivity index (χ1n) is 11.6. The fourth-order valence-electron chi connectivity index (χ4n) is 4.13. The minimum atomic E-state index is -0.525. The lowest BCUT2D eigenvalue weighted by atomic mass is 10.1. The first-order valence-corrected chi connectivity index (χ1v) is 12.0. The van der Waals surface area contributed by atoms with E-state index in [-0.39, 0.29) is 27.9 Å². The number of aryl methyl sites for hydroxylation is 1. The highest BCUT2D eigenvalue weighted by Gasteiger charge is 2.18. The molecule has 5 rings (SSSR count). The average molecular weight is 525 g/mol. The molecule has 0 saturated carbocycles. The Bertz CT molecular complexity index is 1650. The number of halogens is 1. The second kappa shape index (κ2) is 10.6. The molecule has 2 heterocycles. The van der Waals surface area contributed by atoms with Gasteiger partial charge in [-0.15, -0.1) is 0 Å². The third-order valence-corrected chi connectivity index (χ3v) is 6.17. The normalized spacial score (nSPS) is 11.1. The number of hydrogen-bond donors (Lipinski definition) is 1. The van der Waals surface area contributed by atoms with E-state index >= 15 is 0 Å². The quantitative estimate of drug-likeness (QED) is 0.140. The van der Waals surface area contributed by atoms with Crippen LogP contribution in [0, 0.1) is 17.0 Å². The summed E-state index contributed by atoms with van der Waals surface area (Å²) in [4.78, 5) is 23.4. The zero-order valence-electron chi connectivity index (χ0n) is 20.2. The topological polar surface area (TPSA) is 103 Å². The van der Waals surface area contributed by atoms with E-state index in [0.29, 0.717) is 11.3 Å². The summed E-state index contributed by atoms with van der Waals surface area (Å²) in [6.07, 6.45) is 1.33. The molecule has 0 bridgehead atoms. The number of hydrogen-bond acceptors (Lipinski definition) is 5.